The van der Waals surface area contributed by atoms with Gasteiger partial charge in [-0.1, -0.05) is 18.2 Å². The predicted octanol–water partition coefficient (Wildman–Crippen LogP) is 5.92. The van der Waals surface area contributed by atoms with Crippen LogP contribution >= 0.6 is 0 Å². The standard InChI is InChI=1S/C42H41N5O6/c48-38-10-5-26-20-27(4-7-32(26)38)36-24-46(23-35(36)25-12-16-43-17-13-25)28-2-1-3-31(21-28)53-30-14-18-45(19-15-30)29-6-8-33-34(22-29)42(52)47(41(33)51)37-9-11-39(49)44-40(37)50/h4,6-8,12-13,16-17,20,22-24,28,30-31,37H,1-3,5,9-11,14-15,18-19,21H2,(H,44,49,50)/t28-,31+,37?/m1/s1. The Hall–Kier alpha value is -5.42. The number of carbonyl (C=O) groups excluding carboxylic acids is 5. The van der Waals surface area contributed by atoms with Gasteiger partial charge in [-0.25, -0.2) is 0 Å². The second kappa shape index (κ2) is 13.5. The van der Waals surface area contributed by atoms with E-state index < -0.39 is 29.7 Å². The van der Waals surface area contributed by atoms with Crippen molar-refractivity contribution in [1.29, 1.82) is 0 Å². The van der Waals surface area contributed by atoms with Crippen LogP contribution in [0.1, 0.15) is 100 Å². The molecule has 0 radical (unpaired) electrons. The maximum atomic E-state index is 13.4. The highest BCUT2D eigenvalue weighted by molar-refractivity contribution is 6.23. The first-order chi connectivity index (χ1) is 25.8. The minimum Gasteiger partial charge on any atom is -0.375 e. The summed E-state index contributed by atoms with van der Waals surface area (Å²) < 4.78 is 9.17. The number of benzene rings is 2. The van der Waals surface area contributed by atoms with E-state index in [1.165, 1.54) is 0 Å². The molecule has 4 amide bonds. The number of Topliss-reactive ketones (excluding diaryl/α,β-unsaturated/α-hetero) is 1. The highest BCUT2D eigenvalue weighted by Gasteiger charge is 2.45. The average molecular weight is 712 g/mol. The van der Waals surface area contributed by atoms with Crippen LogP contribution in [0.4, 0.5) is 5.69 Å². The van der Waals surface area contributed by atoms with Crippen molar-refractivity contribution in [2.75, 3.05) is 18.0 Å². The summed E-state index contributed by atoms with van der Waals surface area (Å²) in [6.45, 7) is 1.53. The summed E-state index contributed by atoms with van der Waals surface area (Å²) in [5.41, 5.74) is 8.02. The maximum absolute atomic E-state index is 13.4. The van der Waals surface area contributed by atoms with Crippen molar-refractivity contribution in [3.05, 3.63) is 95.6 Å². The van der Waals surface area contributed by atoms with Crippen LogP contribution in [0.15, 0.2) is 73.3 Å². The van der Waals surface area contributed by atoms with Crippen LogP contribution in [0.2, 0.25) is 0 Å². The maximum Gasteiger partial charge on any atom is 0.262 e. The van der Waals surface area contributed by atoms with E-state index in [-0.39, 0.29) is 30.8 Å². The largest absolute Gasteiger partial charge is 0.375 e. The number of ketones is 1. The minimum absolute atomic E-state index is 0.0918. The van der Waals surface area contributed by atoms with E-state index in [4.69, 9.17) is 4.74 Å². The Morgan fingerprint density at radius 2 is 1.43 bits per heavy atom. The topological polar surface area (TPSA) is 131 Å². The van der Waals surface area contributed by atoms with Crippen LogP contribution in [-0.2, 0) is 20.7 Å². The Kier molecular flexibility index (Phi) is 8.53. The van der Waals surface area contributed by atoms with Gasteiger partial charge in [0.2, 0.25) is 11.8 Å². The minimum atomic E-state index is -0.976. The van der Waals surface area contributed by atoms with Gasteiger partial charge in [0.05, 0.1) is 23.3 Å². The lowest BCUT2D eigenvalue weighted by Crippen LogP contribution is -2.54. The molecular formula is C42H41N5O6. The first kappa shape index (κ1) is 33.4. The lowest BCUT2D eigenvalue weighted by atomic mass is 9.92. The number of ether oxygens (including phenoxy) is 1. The van der Waals surface area contributed by atoms with Gasteiger partial charge in [-0.2, -0.15) is 0 Å². The summed E-state index contributed by atoms with van der Waals surface area (Å²) in [4.78, 5) is 70.4. The molecule has 1 N–H and O–H groups in total. The Balaban J connectivity index is 0.855. The molecule has 2 aromatic carbocycles. The number of nitrogens with zero attached hydrogens (tertiary/aromatic N) is 4. The lowest BCUT2D eigenvalue weighted by Gasteiger charge is -2.37. The Morgan fingerprint density at radius 3 is 2.23 bits per heavy atom. The first-order valence-corrected chi connectivity index (χ1v) is 18.8. The van der Waals surface area contributed by atoms with Gasteiger partial charge in [0.15, 0.2) is 5.78 Å². The third-order valence-corrected chi connectivity index (χ3v) is 11.8. The number of hydrogen-bond acceptors (Lipinski definition) is 8. The number of amides is 4. The molecule has 5 aliphatic rings. The molecule has 2 aromatic heterocycles. The highest BCUT2D eigenvalue weighted by Crippen LogP contribution is 2.40. The number of piperidine rings is 2. The van der Waals surface area contributed by atoms with Crippen LogP contribution in [0.3, 0.4) is 0 Å². The molecule has 3 fully saturated rings. The zero-order valence-corrected chi connectivity index (χ0v) is 29.5. The van der Waals surface area contributed by atoms with E-state index in [9.17, 15) is 24.0 Å². The molecule has 5 heterocycles. The molecule has 9 rings (SSSR count). The lowest BCUT2D eigenvalue weighted by molar-refractivity contribution is -0.136. The summed E-state index contributed by atoms with van der Waals surface area (Å²) >= 11 is 0. The Morgan fingerprint density at radius 1 is 0.679 bits per heavy atom. The molecule has 0 bridgehead atoms. The van der Waals surface area contributed by atoms with E-state index in [0.29, 0.717) is 23.6 Å². The number of imide groups is 2. The van der Waals surface area contributed by atoms with Crippen LogP contribution in [0.5, 0.6) is 0 Å². The predicted molar refractivity (Wildman–Crippen MR) is 196 cm³/mol. The third kappa shape index (κ3) is 6.16. The number of nitrogens with one attached hydrogen (secondary N) is 1. The molecule has 0 spiro atoms. The number of anilines is 1. The van der Waals surface area contributed by atoms with Gasteiger partial charge in [0, 0.05) is 79.1 Å². The number of aromatic nitrogens is 2. The monoisotopic (exact) mass is 711 g/mol. The molecular weight excluding hydrogens is 670 g/mol. The number of hydrogen-bond donors (Lipinski definition) is 1. The van der Waals surface area contributed by atoms with Gasteiger partial charge in [-0.15, -0.1) is 0 Å². The molecule has 2 aliphatic carbocycles. The first-order valence-electron chi connectivity index (χ1n) is 18.8. The van der Waals surface area contributed by atoms with E-state index in [1.54, 1.807) is 12.1 Å². The van der Waals surface area contributed by atoms with Crippen molar-refractivity contribution in [3.8, 4) is 22.3 Å². The summed E-state index contributed by atoms with van der Waals surface area (Å²) in [6.07, 6.45) is 16.0. The van der Waals surface area contributed by atoms with Crippen LogP contribution in [0.25, 0.3) is 22.3 Å². The van der Waals surface area contributed by atoms with Gasteiger partial charge in [-0.3, -0.25) is 39.2 Å². The smallest absolute Gasteiger partial charge is 0.262 e. The van der Waals surface area contributed by atoms with Gasteiger partial charge < -0.3 is 14.2 Å². The number of pyridine rings is 1. The van der Waals surface area contributed by atoms with E-state index >= 15 is 0 Å². The van der Waals surface area contributed by atoms with Crippen LogP contribution < -0.4 is 10.2 Å². The quantitative estimate of drug-likeness (QED) is 0.234. The van der Waals surface area contributed by atoms with Gasteiger partial charge in [0.1, 0.15) is 6.04 Å². The van der Waals surface area contributed by atoms with Gasteiger partial charge in [-0.05, 0) is 98.4 Å². The average Bonchev–Trinajstić information content (AvgIpc) is 3.86. The molecule has 1 unspecified atom stereocenters. The molecule has 4 aromatic rings. The van der Waals surface area contributed by atoms with Crippen molar-refractivity contribution < 1.29 is 28.7 Å². The SMILES string of the molecule is O=C1CCC(N2C(=O)c3ccc(N4CCC(O[C@H]5CCC[C@@H](n6cc(-c7ccncc7)c(-c7ccc8c(c7)CCC8=O)c6)C5)CC4)cc3C2=O)C(=O)N1. The van der Waals surface area contributed by atoms with Crippen molar-refractivity contribution in [1.82, 2.24) is 19.8 Å². The second-order valence-electron chi connectivity index (χ2n) is 15.0. The Labute approximate surface area is 307 Å². The number of rotatable bonds is 7. The summed E-state index contributed by atoms with van der Waals surface area (Å²) in [5, 5.41) is 2.25. The zero-order valence-electron chi connectivity index (χ0n) is 29.5. The van der Waals surface area contributed by atoms with Crippen molar-refractivity contribution >= 4 is 35.1 Å². The molecule has 3 atom stereocenters. The van der Waals surface area contributed by atoms with Crippen LogP contribution in [0, 0.1) is 0 Å². The second-order valence-corrected chi connectivity index (χ2v) is 15.0. The molecule has 2 saturated heterocycles. The van der Waals surface area contributed by atoms with Crippen molar-refractivity contribution in [2.45, 2.75) is 88.5 Å². The van der Waals surface area contributed by atoms with Gasteiger partial charge >= 0.3 is 0 Å². The fourth-order valence-electron chi connectivity index (χ4n) is 8.99. The van der Waals surface area contributed by atoms with E-state index in [0.717, 1.165) is 102 Å². The normalized spacial score (nSPS) is 23.4. The molecule has 3 aliphatic heterocycles. The Bertz CT molecular complexity index is 2150. The van der Waals surface area contributed by atoms with E-state index in [1.807, 2.05) is 24.5 Å². The third-order valence-electron chi connectivity index (χ3n) is 11.8. The highest BCUT2D eigenvalue weighted by atomic mass is 16.5. The molecule has 270 valence electrons. The van der Waals surface area contributed by atoms with Crippen molar-refractivity contribution in [2.24, 2.45) is 0 Å². The summed E-state index contributed by atoms with van der Waals surface area (Å²) in [6, 6.07) is 15.0. The molecule has 53 heavy (non-hydrogen) atoms. The number of carbonyl (C=O) groups is 5. The zero-order chi connectivity index (χ0) is 36.2. The fourth-order valence-corrected chi connectivity index (χ4v) is 8.99. The van der Waals surface area contributed by atoms with Crippen LogP contribution in [-0.4, -0.2) is 75.2 Å². The molecule has 1 saturated carbocycles. The fraction of sp³-hybridized carbons (Fsp3) is 0.381. The van der Waals surface area contributed by atoms with Crippen molar-refractivity contribution in [3.63, 3.8) is 0 Å². The van der Waals surface area contributed by atoms with Gasteiger partial charge in [0.25, 0.3) is 11.8 Å². The molecule has 11 nitrogen and oxygen atoms in total. The number of aryl methyl sites for hydroxylation is 1. The molecule has 11 heteroatoms. The summed E-state index contributed by atoms with van der Waals surface area (Å²) in [7, 11) is 0. The summed E-state index contributed by atoms with van der Waals surface area (Å²) in [5.74, 6) is -1.75. The van der Waals surface area contributed by atoms with E-state index in [2.05, 4.69) is 56.4 Å². The number of fused-ring (bicyclic) bond motifs is 2.